The molecule has 0 heterocycles. The number of hydrogen-bond acceptors (Lipinski definition) is 2. The van der Waals surface area contributed by atoms with Gasteiger partial charge in [0.05, 0.1) is 6.61 Å². The lowest BCUT2D eigenvalue weighted by Crippen LogP contribution is -1.94. The van der Waals surface area contributed by atoms with Crippen LogP contribution in [0, 0.1) is 0 Å². The van der Waals surface area contributed by atoms with Gasteiger partial charge in [0.25, 0.3) is 0 Å². The van der Waals surface area contributed by atoms with Crippen molar-refractivity contribution in [2.75, 3.05) is 6.61 Å². The van der Waals surface area contributed by atoms with E-state index in [1.54, 1.807) is 0 Å². The highest BCUT2D eigenvalue weighted by molar-refractivity contribution is 9.08. The topological polar surface area (TPSA) is 18.5 Å². The van der Waals surface area contributed by atoms with Crippen molar-refractivity contribution in [3.63, 3.8) is 0 Å². The molecule has 0 amide bonds. The van der Waals surface area contributed by atoms with Gasteiger partial charge in [-0.3, -0.25) is 0 Å². The first-order valence-corrected chi connectivity index (χ1v) is 7.50. The minimum atomic E-state index is 0.743. The van der Waals surface area contributed by atoms with Crippen molar-refractivity contribution in [1.29, 1.82) is 0 Å². The van der Waals surface area contributed by atoms with Crippen LogP contribution in [0.4, 0.5) is 0 Å². The molecule has 0 saturated carbocycles. The second-order valence-electron chi connectivity index (χ2n) is 4.16. The van der Waals surface area contributed by atoms with Gasteiger partial charge in [-0.1, -0.05) is 41.1 Å². The van der Waals surface area contributed by atoms with Crippen LogP contribution >= 0.6 is 15.9 Å². The van der Waals surface area contributed by atoms with Crippen molar-refractivity contribution < 1.29 is 9.47 Å². The fraction of sp³-hybridized carbons (Fsp3) is 0.250. The van der Waals surface area contributed by atoms with Gasteiger partial charge in [-0.25, -0.2) is 0 Å². The first-order chi connectivity index (χ1) is 9.33. The quantitative estimate of drug-likeness (QED) is 0.684. The van der Waals surface area contributed by atoms with Crippen LogP contribution in [-0.4, -0.2) is 6.61 Å². The van der Waals surface area contributed by atoms with E-state index in [0.29, 0.717) is 0 Å². The Bertz CT molecular complexity index is 508. The highest BCUT2D eigenvalue weighted by Crippen LogP contribution is 2.28. The molecule has 0 aromatic heterocycles. The zero-order valence-electron chi connectivity index (χ0n) is 10.9. The second-order valence-corrected chi connectivity index (χ2v) is 4.72. The van der Waals surface area contributed by atoms with Gasteiger partial charge in [-0.05, 0) is 36.8 Å². The number of para-hydroxylation sites is 1. The Morgan fingerprint density at radius 2 is 1.63 bits per heavy atom. The summed E-state index contributed by atoms with van der Waals surface area (Å²) < 4.78 is 11.4. The van der Waals surface area contributed by atoms with Gasteiger partial charge in [0.2, 0.25) is 0 Å². The van der Waals surface area contributed by atoms with E-state index >= 15 is 0 Å². The van der Waals surface area contributed by atoms with Crippen molar-refractivity contribution in [2.45, 2.75) is 18.7 Å². The monoisotopic (exact) mass is 320 g/mol. The number of rotatable bonds is 6. The summed E-state index contributed by atoms with van der Waals surface area (Å²) >= 11 is 3.46. The summed E-state index contributed by atoms with van der Waals surface area (Å²) in [5.74, 6) is 2.57. The van der Waals surface area contributed by atoms with Crippen LogP contribution in [-0.2, 0) is 5.33 Å². The number of ether oxygens (including phenoxy) is 2. The maximum Gasteiger partial charge on any atom is 0.131 e. The van der Waals surface area contributed by atoms with E-state index in [2.05, 4.69) is 22.9 Å². The summed E-state index contributed by atoms with van der Waals surface area (Å²) in [6.07, 6.45) is 1.01. The summed E-state index contributed by atoms with van der Waals surface area (Å²) in [7, 11) is 0. The maximum atomic E-state index is 5.87. The smallest absolute Gasteiger partial charge is 0.131 e. The summed E-state index contributed by atoms with van der Waals surface area (Å²) in [5.41, 5.74) is 1.13. The standard InChI is InChI=1S/C16H17BrO2/c1-2-11-18-14-7-9-15(10-8-14)19-16-6-4-3-5-13(16)12-17/h3-10H,2,11-12H2,1H3. The molecule has 0 N–H and O–H groups in total. The van der Waals surface area contributed by atoms with E-state index in [-0.39, 0.29) is 0 Å². The Morgan fingerprint density at radius 1 is 0.947 bits per heavy atom. The van der Waals surface area contributed by atoms with Gasteiger partial charge in [0.1, 0.15) is 17.2 Å². The Labute approximate surface area is 122 Å². The summed E-state index contributed by atoms with van der Waals surface area (Å²) in [6.45, 7) is 2.83. The Kier molecular flexibility index (Phi) is 5.28. The number of hydrogen-bond donors (Lipinski definition) is 0. The molecule has 0 bridgehead atoms. The maximum absolute atomic E-state index is 5.87. The Balaban J connectivity index is 2.06. The second kappa shape index (κ2) is 7.19. The van der Waals surface area contributed by atoms with Crippen LogP contribution in [0.2, 0.25) is 0 Å². The minimum absolute atomic E-state index is 0.743. The van der Waals surface area contributed by atoms with Crippen molar-refractivity contribution in [2.24, 2.45) is 0 Å². The van der Waals surface area contributed by atoms with E-state index in [1.165, 1.54) is 0 Å². The van der Waals surface area contributed by atoms with Crippen LogP contribution < -0.4 is 9.47 Å². The molecule has 0 fully saturated rings. The first kappa shape index (κ1) is 13.9. The minimum Gasteiger partial charge on any atom is -0.494 e. The molecule has 100 valence electrons. The molecule has 0 aliphatic carbocycles. The largest absolute Gasteiger partial charge is 0.494 e. The van der Waals surface area contributed by atoms with Gasteiger partial charge in [0.15, 0.2) is 0 Å². The SMILES string of the molecule is CCCOc1ccc(Oc2ccccc2CBr)cc1. The van der Waals surface area contributed by atoms with Gasteiger partial charge in [-0.2, -0.15) is 0 Å². The average molecular weight is 321 g/mol. The van der Waals surface area contributed by atoms with E-state index in [4.69, 9.17) is 9.47 Å². The molecule has 2 nitrogen and oxygen atoms in total. The number of halogens is 1. The third kappa shape index (κ3) is 4.00. The first-order valence-electron chi connectivity index (χ1n) is 6.38. The molecule has 2 aromatic carbocycles. The van der Waals surface area contributed by atoms with Gasteiger partial charge in [0, 0.05) is 10.9 Å². The lowest BCUT2D eigenvalue weighted by Gasteiger charge is -2.10. The Hall–Kier alpha value is -1.48. The molecule has 0 aliphatic heterocycles. The van der Waals surface area contributed by atoms with E-state index in [0.717, 1.165) is 41.2 Å². The molecule has 0 spiro atoms. The fourth-order valence-corrected chi connectivity index (χ4v) is 2.13. The molecule has 0 saturated heterocycles. The normalized spacial score (nSPS) is 10.2. The molecule has 0 unspecified atom stereocenters. The zero-order chi connectivity index (χ0) is 13.5. The highest BCUT2D eigenvalue weighted by atomic mass is 79.9. The average Bonchev–Trinajstić information content (AvgIpc) is 2.47. The van der Waals surface area contributed by atoms with Crippen molar-refractivity contribution in [1.82, 2.24) is 0 Å². The van der Waals surface area contributed by atoms with Gasteiger partial charge < -0.3 is 9.47 Å². The van der Waals surface area contributed by atoms with Gasteiger partial charge in [-0.15, -0.1) is 0 Å². The van der Waals surface area contributed by atoms with Crippen LogP contribution in [0.15, 0.2) is 48.5 Å². The molecule has 0 atom stereocenters. The summed E-state index contributed by atoms with van der Waals surface area (Å²) in [4.78, 5) is 0. The van der Waals surface area contributed by atoms with Crippen LogP contribution in [0.1, 0.15) is 18.9 Å². The Morgan fingerprint density at radius 3 is 2.32 bits per heavy atom. The molecule has 2 rings (SSSR count). The summed E-state index contributed by atoms with van der Waals surface area (Å²) in [6, 6.07) is 15.7. The van der Waals surface area contributed by atoms with Crippen LogP contribution in [0.25, 0.3) is 0 Å². The fourth-order valence-electron chi connectivity index (χ4n) is 1.66. The van der Waals surface area contributed by atoms with E-state index in [1.807, 2.05) is 48.5 Å². The lowest BCUT2D eigenvalue weighted by molar-refractivity contribution is 0.317. The van der Waals surface area contributed by atoms with Crippen LogP contribution in [0.5, 0.6) is 17.2 Å². The van der Waals surface area contributed by atoms with Crippen molar-refractivity contribution in [3.8, 4) is 17.2 Å². The van der Waals surface area contributed by atoms with E-state index < -0.39 is 0 Å². The molecule has 19 heavy (non-hydrogen) atoms. The predicted octanol–water partition coefficient (Wildman–Crippen LogP) is 5.16. The van der Waals surface area contributed by atoms with Crippen LogP contribution in [0.3, 0.4) is 0 Å². The molecular formula is C16H17BrO2. The predicted molar refractivity (Wildman–Crippen MR) is 81.4 cm³/mol. The zero-order valence-corrected chi connectivity index (χ0v) is 12.5. The van der Waals surface area contributed by atoms with E-state index in [9.17, 15) is 0 Å². The molecule has 0 aliphatic rings. The number of benzene rings is 2. The lowest BCUT2D eigenvalue weighted by atomic mass is 10.2. The molecule has 2 aromatic rings. The molecule has 0 radical (unpaired) electrons. The highest BCUT2D eigenvalue weighted by Gasteiger charge is 2.03. The third-order valence-electron chi connectivity index (χ3n) is 2.64. The van der Waals surface area contributed by atoms with Crippen molar-refractivity contribution in [3.05, 3.63) is 54.1 Å². The molecule has 3 heteroatoms. The third-order valence-corrected chi connectivity index (χ3v) is 3.25. The molecular weight excluding hydrogens is 304 g/mol. The number of alkyl halides is 1. The summed E-state index contributed by atoms with van der Waals surface area (Å²) in [5, 5.41) is 0.779. The van der Waals surface area contributed by atoms with Crippen molar-refractivity contribution >= 4 is 15.9 Å². The van der Waals surface area contributed by atoms with Gasteiger partial charge >= 0.3 is 0 Å².